The molecule has 0 aliphatic heterocycles. The fourth-order valence-corrected chi connectivity index (χ4v) is 3.34. The largest absolute Gasteiger partial charge is 0.481 e. The van der Waals surface area contributed by atoms with Crippen molar-refractivity contribution in [1.82, 2.24) is 0 Å². The Morgan fingerprint density at radius 1 is 0.957 bits per heavy atom. The number of carbonyl (C=O) groups is 2. The molecule has 0 spiro atoms. The molecule has 0 aromatic rings. The summed E-state index contributed by atoms with van der Waals surface area (Å²) in [5.74, 6) is -2.23. The van der Waals surface area contributed by atoms with Crippen molar-refractivity contribution < 1.29 is 34.4 Å². The maximum absolute atomic E-state index is 10.7. The Labute approximate surface area is 138 Å². The van der Waals surface area contributed by atoms with Gasteiger partial charge in [0.15, 0.2) is 8.32 Å². The minimum atomic E-state index is -2.20. The molecule has 0 aromatic heterocycles. The first kappa shape index (κ1) is 22.0. The van der Waals surface area contributed by atoms with Gasteiger partial charge in [-0.2, -0.15) is 0 Å². The third-order valence-electron chi connectivity index (χ3n) is 4.16. The Bertz CT molecular complexity index is 379. The molecule has 0 aliphatic rings. The summed E-state index contributed by atoms with van der Waals surface area (Å²) in [4.78, 5) is 21.4. The Kier molecular flexibility index (Phi) is 8.40. The second-order valence-corrected chi connectivity index (χ2v) is 12.2. The van der Waals surface area contributed by atoms with Crippen LogP contribution in [0.2, 0.25) is 18.1 Å². The Morgan fingerprint density at radius 3 is 1.57 bits per heavy atom. The molecule has 136 valence electrons. The fourth-order valence-electron chi connectivity index (χ4n) is 1.96. The second-order valence-electron chi connectivity index (χ2n) is 7.47. The Balaban J connectivity index is 4.99. The standard InChI is InChI=1S/C15H30O7Si/c1-15(2,3)23(4,5)22-12(6-10(16)8-13(18)19)7-11(17)9-14(20)21/h10-12,16-17H,6-9H2,1-5H3,(H,18,19)(H,20,21)/t10-,11-/m0/s1. The van der Waals surface area contributed by atoms with Crippen molar-refractivity contribution in [3.63, 3.8) is 0 Å². The van der Waals surface area contributed by atoms with Crippen molar-refractivity contribution in [2.45, 2.75) is 82.9 Å². The molecular weight excluding hydrogens is 320 g/mol. The van der Waals surface area contributed by atoms with Gasteiger partial charge in [0.25, 0.3) is 0 Å². The van der Waals surface area contributed by atoms with Crippen molar-refractivity contribution in [3.05, 3.63) is 0 Å². The molecular formula is C15H30O7Si. The smallest absolute Gasteiger partial charge is 0.305 e. The van der Waals surface area contributed by atoms with E-state index in [4.69, 9.17) is 14.6 Å². The van der Waals surface area contributed by atoms with E-state index in [0.717, 1.165) is 0 Å². The summed E-state index contributed by atoms with van der Waals surface area (Å²) in [6.07, 6.45) is -3.50. The van der Waals surface area contributed by atoms with E-state index >= 15 is 0 Å². The normalized spacial score (nSPS) is 15.5. The summed E-state index contributed by atoms with van der Waals surface area (Å²) in [6, 6.07) is 0. The molecule has 8 heteroatoms. The maximum Gasteiger partial charge on any atom is 0.305 e. The van der Waals surface area contributed by atoms with Crippen LogP contribution < -0.4 is 0 Å². The minimum Gasteiger partial charge on any atom is -0.481 e. The molecule has 0 aromatic carbocycles. The molecule has 7 nitrogen and oxygen atoms in total. The minimum absolute atomic E-state index is 0.0511. The van der Waals surface area contributed by atoms with E-state index in [-0.39, 0.29) is 17.9 Å². The highest BCUT2D eigenvalue weighted by Crippen LogP contribution is 2.38. The van der Waals surface area contributed by atoms with E-state index in [1.807, 2.05) is 33.9 Å². The van der Waals surface area contributed by atoms with Crippen LogP contribution in [0.5, 0.6) is 0 Å². The average Bonchev–Trinajstić information content (AvgIpc) is 2.22. The van der Waals surface area contributed by atoms with Crippen molar-refractivity contribution in [1.29, 1.82) is 0 Å². The van der Waals surface area contributed by atoms with E-state index in [1.165, 1.54) is 0 Å². The molecule has 0 saturated carbocycles. The van der Waals surface area contributed by atoms with Crippen molar-refractivity contribution in [3.8, 4) is 0 Å². The first-order valence-electron chi connectivity index (χ1n) is 7.72. The molecule has 0 saturated heterocycles. The zero-order valence-electron chi connectivity index (χ0n) is 14.6. The lowest BCUT2D eigenvalue weighted by Crippen LogP contribution is -2.45. The van der Waals surface area contributed by atoms with Crippen LogP contribution in [0.15, 0.2) is 0 Å². The second kappa shape index (κ2) is 8.77. The lowest BCUT2D eigenvalue weighted by molar-refractivity contribution is -0.140. The van der Waals surface area contributed by atoms with Gasteiger partial charge < -0.3 is 24.9 Å². The molecule has 2 atom stereocenters. The van der Waals surface area contributed by atoms with Crippen LogP contribution >= 0.6 is 0 Å². The third kappa shape index (κ3) is 9.04. The number of hydrogen-bond donors (Lipinski definition) is 4. The number of aliphatic carboxylic acids is 2. The fraction of sp³-hybridized carbons (Fsp3) is 0.867. The van der Waals surface area contributed by atoms with Crippen LogP contribution in [0, 0.1) is 0 Å². The van der Waals surface area contributed by atoms with E-state index in [0.29, 0.717) is 0 Å². The zero-order valence-corrected chi connectivity index (χ0v) is 15.6. The predicted molar refractivity (Wildman–Crippen MR) is 87.8 cm³/mol. The summed E-state index contributed by atoms with van der Waals surface area (Å²) in [7, 11) is -2.20. The van der Waals surface area contributed by atoms with Crippen LogP contribution in [0.1, 0.15) is 46.5 Å². The number of hydrogen-bond acceptors (Lipinski definition) is 5. The van der Waals surface area contributed by atoms with Gasteiger partial charge in [0, 0.05) is 6.10 Å². The van der Waals surface area contributed by atoms with Crippen molar-refractivity contribution >= 4 is 20.3 Å². The summed E-state index contributed by atoms with van der Waals surface area (Å²) in [6.45, 7) is 10.1. The highest BCUT2D eigenvalue weighted by atomic mass is 28.4. The molecule has 0 radical (unpaired) electrons. The van der Waals surface area contributed by atoms with Gasteiger partial charge >= 0.3 is 11.9 Å². The number of carboxylic acid groups (broad SMARTS) is 2. The van der Waals surface area contributed by atoms with Crippen LogP contribution in [0.25, 0.3) is 0 Å². The lowest BCUT2D eigenvalue weighted by atomic mass is 10.0. The zero-order chi connectivity index (χ0) is 18.4. The van der Waals surface area contributed by atoms with Crippen molar-refractivity contribution in [2.24, 2.45) is 0 Å². The van der Waals surface area contributed by atoms with E-state index in [9.17, 15) is 19.8 Å². The van der Waals surface area contributed by atoms with Crippen LogP contribution in [-0.4, -0.2) is 59.0 Å². The summed E-state index contributed by atoms with van der Waals surface area (Å²) in [5, 5.41) is 37.1. The molecule has 0 bridgehead atoms. The average molecular weight is 350 g/mol. The first-order valence-corrected chi connectivity index (χ1v) is 10.6. The van der Waals surface area contributed by atoms with Gasteiger partial charge in [0.2, 0.25) is 0 Å². The maximum atomic E-state index is 10.7. The number of aliphatic hydroxyl groups is 2. The third-order valence-corrected chi connectivity index (χ3v) is 8.69. The Hall–Kier alpha value is -0.963. The Morgan fingerprint density at radius 2 is 1.30 bits per heavy atom. The van der Waals surface area contributed by atoms with Crippen LogP contribution in [0.4, 0.5) is 0 Å². The van der Waals surface area contributed by atoms with Crippen molar-refractivity contribution in [2.75, 3.05) is 0 Å². The molecule has 0 rings (SSSR count). The number of aliphatic hydroxyl groups excluding tert-OH is 2. The molecule has 4 N–H and O–H groups in total. The number of rotatable bonds is 10. The SMILES string of the molecule is CC(C)(C)[Si](C)(C)OC(C[C@H](O)CC(=O)O)C[C@H](O)CC(=O)O. The van der Waals surface area contributed by atoms with Gasteiger partial charge in [-0.3, -0.25) is 9.59 Å². The molecule has 0 amide bonds. The van der Waals surface area contributed by atoms with Gasteiger partial charge in [0.05, 0.1) is 25.0 Å². The van der Waals surface area contributed by atoms with Crippen LogP contribution in [-0.2, 0) is 14.0 Å². The summed E-state index contributed by atoms with van der Waals surface area (Å²) >= 11 is 0. The molecule has 0 unspecified atom stereocenters. The van der Waals surface area contributed by atoms with E-state index < -0.39 is 51.4 Å². The molecule has 0 fully saturated rings. The van der Waals surface area contributed by atoms with E-state index in [1.54, 1.807) is 0 Å². The van der Waals surface area contributed by atoms with Gasteiger partial charge in [-0.1, -0.05) is 20.8 Å². The number of carboxylic acids is 2. The summed E-state index contributed by atoms with van der Waals surface area (Å²) < 4.78 is 6.14. The summed E-state index contributed by atoms with van der Waals surface area (Å²) in [5.41, 5.74) is 0. The lowest BCUT2D eigenvalue weighted by Gasteiger charge is -2.40. The van der Waals surface area contributed by atoms with E-state index in [2.05, 4.69) is 0 Å². The van der Waals surface area contributed by atoms with Gasteiger partial charge in [-0.05, 0) is 31.0 Å². The quantitative estimate of drug-likeness (QED) is 0.443. The highest BCUT2D eigenvalue weighted by Gasteiger charge is 2.40. The predicted octanol–water partition coefficient (Wildman–Crippen LogP) is 1.83. The monoisotopic (exact) mass is 350 g/mol. The molecule has 0 aliphatic carbocycles. The van der Waals surface area contributed by atoms with Gasteiger partial charge in [0.1, 0.15) is 0 Å². The molecule has 0 heterocycles. The highest BCUT2D eigenvalue weighted by molar-refractivity contribution is 6.74. The van der Waals surface area contributed by atoms with Gasteiger partial charge in [-0.25, -0.2) is 0 Å². The van der Waals surface area contributed by atoms with Crippen LogP contribution in [0.3, 0.4) is 0 Å². The topological polar surface area (TPSA) is 124 Å². The first-order chi connectivity index (χ1) is 10.2. The molecule has 23 heavy (non-hydrogen) atoms. The van der Waals surface area contributed by atoms with Gasteiger partial charge in [-0.15, -0.1) is 0 Å².